The van der Waals surface area contributed by atoms with Crippen LogP contribution < -0.4 is 14.2 Å². The summed E-state index contributed by atoms with van der Waals surface area (Å²) in [5, 5.41) is 0. The van der Waals surface area contributed by atoms with E-state index in [4.69, 9.17) is 18.9 Å². The Labute approximate surface area is 203 Å². The summed E-state index contributed by atoms with van der Waals surface area (Å²) in [4.78, 5) is 35.7. The number of esters is 3. The summed E-state index contributed by atoms with van der Waals surface area (Å²) >= 11 is 0. The fraction of sp³-hybridized carbons (Fsp3) is 0.179. The molecule has 0 saturated carbocycles. The van der Waals surface area contributed by atoms with Gasteiger partial charge in [0.15, 0.2) is 0 Å². The van der Waals surface area contributed by atoms with Gasteiger partial charge in [-0.25, -0.2) is 14.4 Å². The topological polar surface area (TPSA) is 88.1 Å². The van der Waals surface area contributed by atoms with Crippen molar-refractivity contribution in [3.05, 3.63) is 102 Å². The minimum Gasteiger partial charge on any atom is -0.494 e. The number of benzene rings is 3. The highest BCUT2D eigenvalue weighted by Gasteiger charge is 2.13. The summed E-state index contributed by atoms with van der Waals surface area (Å²) in [5.41, 5.74) is 1.46. The predicted molar refractivity (Wildman–Crippen MR) is 130 cm³/mol. The van der Waals surface area contributed by atoms with E-state index in [1.807, 2.05) is 6.07 Å². The van der Waals surface area contributed by atoms with E-state index in [1.54, 1.807) is 73.7 Å². The minimum absolute atomic E-state index is 0.314. The van der Waals surface area contributed by atoms with Crippen molar-refractivity contribution < 1.29 is 33.3 Å². The van der Waals surface area contributed by atoms with Gasteiger partial charge < -0.3 is 18.9 Å². The standard InChI is InChI=1S/C28H26O7/c1-3-26(29)33-18-8-7-17-32-23-13-11-22(12-14-23)28(31)35-25-16-15-24(19-20(25)2)34-27(30)21-9-5-4-6-10-21/h3-6,9-16,19H,1,7-8,17-18H2,2H3. The van der Waals surface area contributed by atoms with Crippen LogP contribution in [-0.4, -0.2) is 31.1 Å². The van der Waals surface area contributed by atoms with Gasteiger partial charge in [-0.05, 0) is 79.9 Å². The molecule has 0 saturated heterocycles. The molecule has 35 heavy (non-hydrogen) atoms. The Balaban J connectivity index is 1.48. The fourth-order valence-electron chi connectivity index (χ4n) is 3.01. The first-order valence-corrected chi connectivity index (χ1v) is 11.1. The molecule has 0 aliphatic carbocycles. The Morgan fingerprint density at radius 3 is 2.09 bits per heavy atom. The maximum atomic E-state index is 12.5. The van der Waals surface area contributed by atoms with Crippen LogP contribution in [0, 0.1) is 6.92 Å². The molecule has 0 spiro atoms. The number of hydrogen-bond acceptors (Lipinski definition) is 7. The third-order valence-corrected chi connectivity index (χ3v) is 4.88. The highest BCUT2D eigenvalue weighted by Crippen LogP contribution is 2.25. The SMILES string of the molecule is C=CC(=O)OCCCCOc1ccc(C(=O)Oc2ccc(OC(=O)c3ccccc3)cc2C)cc1. The number of aryl methyl sites for hydroxylation is 1. The highest BCUT2D eigenvalue weighted by atomic mass is 16.5. The third kappa shape index (κ3) is 7.85. The van der Waals surface area contributed by atoms with Gasteiger partial charge in [-0.2, -0.15) is 0 Å². The molecule has 0 fully saturated rings. The van der Waals surface area contributed by atoms with Crippen LogP contribution in [0.2, 0.25) is 0 Å². The lowest BCUT2D eigenvalue weighted by Gasteiger charge is -2.10. The van der Waals surface area contributed by atoms with E-state index < -0.39 is 17.9 Å². The average Bonchev–Trinajstić information content (AvgIpc) is 2.88. The molecule has 0 heterocycles. The monoisotopic (exact) mass is 474 g/mol. The molecule has 3 aromatic carbocycles. The van der Waals surface area contributed by atoms with Gasteiger partial charge in [-0.3, -0.25) is 0 Å². The number of ether oxygens (including phenoxy) is 4. The van der Waals surface area contributed by atoms with Crippen molar-refractivity contribution in [2.75, 3.05) is 13.2 Å². The maximum absolute atomic E-state index is 12.5. The van der Waals surface area contributed by atoms with Gasteiger partial charge >= 0.3 is 17.9 Å². The number of carbonyl (C=O) groups is 3. The largest absolute Gasteiger partial charge is 0.494 e. The van der Waals surface area contributed by atoms with E-state index >= 15 is 0 Å². The second kappa shape index (κ2) is 12.7. The molecule has 0 aliphatic rings. The van der Waals surface area contributed by atoms with Gasteiger partial charge in [0.05, 0.1) is 24.3 Å². The molecule has 0 aromatic heterocycles. The molecule has 0 bridgehead atoms. The van der Waals surface area contributed by atoms with Crippen LogP contribution in [0.1, 0.15) is 39.1 Å². The molecule has 0 N–H and O–H groups in total. The summed E-state index contributed by atoms with van der Waals surface area (Å²) in [7, 11) is 0. The summed E-state index contributed by atoms with van der Waals surface area (Å²) in [5.74, 6) is -0.0779. The number of unbranched alkanes of at least 4 members (excludes halogenated alkanes) is 1. The van der Waals surface area contributed by atoms with Crippen LogP contribution in [-0.2, 0) is 9.53 Å². The van der Waals surface area contributed by atoms with E-state index in [0.717, 1.165) is 6.08 Å². The van der Waals surface area contributed by atoms with Crippen molar-refractivity contribution in [3.8, 4) is 17.2 Å². The lowest BCUT2D eigenvalue weighted by molar-refractivity contribution is -0.137. The molecule has 180 valence electrons. The molecule has 7 nitrogen and oxygen atoms in total. The Kier molecular flexibility index (Phi) is 9.19. The van der Waals surface area contributed by atoms with E-state index in [9.17, 15) is 14.4 Å². The maximum Gasteiger partial charge on any atom is 0.343 e. The van der Waals surface area contributed by atoms with Crippen LogP contribution in [0.3, 0.4) is 0 Å². The Morgan fingerprint density at radius 2 is 1.40 bits per heavy atom. The summed E-state index contributed by atoms with van der Waals surface area (Å²) in [6, 6.07) is 20.1. The lowest BCUT2D eigenvalue weighted by Crippen LogP contribution is -2.10. The normalized spacial score (nSPS) is 10.2. The smallest absolute Gasteiger partial charge is 0.343 e. The fourth-order valence-corrected chi connectivity index (χ4v) is 3.01. The van der Waals surface area contributed by atoms with Crippen molar-refractivity contribution in [2.45, 2.75) is 19.8 Å². The molecular formula is C28H26O7. The first-order valence-electron chi connectivity index (χ1n) is 11.1. The van der Waals surface area contributed by atoms with E-state index in [-0.39, 0.29) is 0 Å². The van der Waals surface area contributed by atoms with E-state index in [2.05, 4.69) is 6.58 Å². The van der Waals surface area contributed by atoms with E-state index in [0.29, 0.717) is 60.0 Å². The lowest BCUT2D eigenvalue weighted by atomic mass is 10.2. The molecule has 3 aromatic rings. The van der Waals surface area contributed by atoms with Gasteiger partial charge in [-0.15, -0.1) is 0 Å². The van der Waals surface area contributed by atoms with Crippen molar-refractivity contribution in [2.24, 2.45) is 0 Å². The van der Waals surface area contributed by atoms with Crippen LogP contribution in [0.4, 0.5) is 0 Å². The average molecular weight is 475 g/mol. The van der Waals surface area contributed by atoms with Crippen LogP contribution in [0.15, 0.2) is 85.5 Å². The summed E-state index contributed by atoms with van der Waals surface area (Å²) in [6.45, 7) is 5.87. The second-order valence-electron chi connectivity index (χ2n) is 7.52. The van der Waals surface area contributed by atoms with Crippen LogP contribution in [0.5, 0.6) is 17.2 Å². The minimum atomic E-state index is -0.516. The zero-order valence-corrected chi connectivity index (χ0v) is 19.4. The molecule has 3 rings (SSSR count). The van der Waals surface area contributed by atoms with Gasteiger partial charge in [-0.1, -0.05) is 24.8 Å². The first kappa shape index (κ1) is 25.2. The van der Waals surface area contributed by atoms with Gasteiger partial charge in [0, 0.05) is 6.08 Å². The highest BCUT2D eigenvalue weighted by molar-refractivity contribution is 5.92. The van der Waals surface area contributed by atoms with Crippen molar-refractivity contribution >= 4 is 17.9 Å². The van der Waals surface area contributed by atoms with Gasteiger partial charge in [0.25, 0.3) is 0 Å². The van der Waals surface area contributed by atoms with Gasteiger partial charge in [0.2, 0.25) is 0 Å². The van der Waals surface area contributed by atoms with Crippen molar-refractivity contribution in [1.29, 1.82) is 0 Å². The Bertz CT molecular complexity index is 1170. The number of hydrogen-bond donors (Lipinski definition) is 0. The molecule has 0 atom stereocenters. The molecular weight excluding hydrogens is 448 g/mol. The molecule has 0 unspecified atom stereocenters. The quantitative estimate of drug-likeness (QED) is 0.161. The van der Waals surface area contributed by atoms with Crippen molar-refractivity contribution in [1.82, 2.24) is 0 Å². The number of carbonyl (C=O) groups excluding carboxylic acids is 3. The molecule has 0 radical (unpaired) electrons. The summed E-state index contributed by atoms with van der Waals surface area (Å²) in [6.07, 6.45) is 2.51. The van der Waals surface area contributed by atoms with Crippen LogP contribution >= 0.6 is 0 Å². The summed E-state index contributed by atoms with van der Waals surface area (Å²) < 4.78 is 21.4. The van der Waals surface area contributed by atoms with Crippen molar-refractivity contribution in [3.63, 3.8) is 0 Å². The second-order valence-corrected chi connectivity index (χ2v) is 7.52. The zero-order valence-electron chi connectivity index (χ0n) is 19.4. The predicted octanol–water partition coefficient (Wildman–Crippen LogP) is 5.32. The molecule has 0 amide bonds. The Hall–Kier alpha value is -4.39. The Morgan fingerprint density at radius 1 is 0.771 bits per heavy atom. The third-order valence-electron chi connectivity index (χ3n) is 4.88. The van der Waals surface area contributed by atoms with E-state index in [1.165, 1.54) is 0 Å². The van der Waals surface area contributed by atoms with Crippen LogP contribution in [0.25, 0.3) is 0 Å². The first-order chi connectivity index (χ1) is 17.0. The number of rotatable bonds is 11. The van der Waals surface area contributed by atoms with Gasteiger partial charge in [0.1, 0.15) is 17.2 Å². The molecule has 0 aliphatic heterocycles. The molecule has 7 heteroatoms. The zero-order chi connectivity index (χ0) is 25.0.